The summed E-state index contributed by atoms with van der Waals surface area (Å²) in [6.45, 7) is 12.6. The standard InChI is InChI=1S/C15H28N2O3S/c1-7-9-15(5,6)17-21(18,19)14-12(4)20-11(3)13(14)10-16-8-2/h16-17H,7-10H2,1-6H3. The maximum atomic E-state index is 12.7. The molecule has 0 saturated heterocycles. The third-order valence-electron chi connectivity index (χ3n) is 3.43. The van der Waals surface area contributed by atoms with Crippen molar-refractivity contribution in [2.24, 2.45) is 0 Å². The van der Waals surface area contributed by atoms with Crippen molar-refractivity contribution < 1.29 is 12.8 Å². The maximum Gasteiger partial charge on any atom is 0.244 e. The first kappa shape index (κ1) is 18.2. The highest BCUT2D eigenvalue weighted by molar-refractivity contribution is 7.89. The number of nitrogens with one attached hydrogen (secondary N) is 2. The van der Waals surface area contributed by atoms with Gasteiger partial charge in [-0.1, -0.05) is 20.3 Å². The Morgan fingerprint density at radius 1 is 1.14 bits per heavy atom. The van der Waals surface area contributed by atoms with Crippen LogP contribution < -0.4 is 10.0 Å². The van der Waals surface area contributed by atoms with Crippen LogP contribution in [0.15, 0.2) is 9.31 Å². The van der Waals surface area contributed by atoms with Crippen LogP contribution in [0.5, 0.6) is 0 Å². The van der Waals surface area contributed by atoms with Crippen molar-refractivity contribution in [1.29, 1.82) is 0 Å². The van der Waals surface area contributed by atoms with Crippen molar-refractivity contribution in [1.82, 2.24) is 10.0 Å². The molecule has 1 aromatic heterocycles. The fraction of sp³-hybridized carbons (Fsp3) is 0.733. The molecule has 122 valence electrons. The van der Waals surface area contributed by atoms with Crippen LogP contribution in [-0.4, -0.2) is 20.5 Å². The van der Waals surface area contributed by atoms with Crippen LogP contribution in [-0.2, 0) is 16.6 Å². The summed E-state index contributed by atoms with van der Waals surface area (Å²) in [7, 11) is -3.59. The van der Waals surface area contributed by atoms with Gasteiger partial charge in [-0.15, -0.1) is 0 Å². The van der Waals surface area contributed by atoms with Crippen LogP contribution >= 0.6 is 0 Å². The fourth-order valence-corrected chi connectivity index (χ4v) is 4.50. The van der Waals surface area contributed by atoms with Crippen molar-refractivity contribution in [2.45, 2.75) is 71.4 Å². The van der Waals surface area contributed by atoms with E-state index in [9.17, 15) is 8.42 Å². The lowest BCUT2D eigenvalue weighted by Crippen LogP contribution is -2.43. The molecule has 0 spiro atoms. The van der Waals surface area contributed by atoms with Gasteiger partial charge in [0.05, 0.1) is 0 Å². The molecule has 2 N–H and O–H groups in total. The third-order valence-corrected chi connectivity index (χ3v) is 5.32. The second-order valence-electron chi connectivity index (χ2n) is 6.04. The van der Waals surface area contributed by atoms with Crippen LogP contribution in [0.3, 0.4) is 0 Å². The molecule has 0 amide bonds. The van der Waals surface area contributed by atoms with Crippen LogP contribution in [0.4, 0.5) is 0 Å². The molecule has 0 unspecified atom stereocenters. The quantitative estimate of drug-likeness (QED) is 0.773. The van der Waals surface area contributed by atoms with Gasteiger partial charge in [0.15, 0.2) is 0 Å². The average molecular weight is 316 g/mol. The molecule has 1 rings (SSSR count). The Labute approximate surface area is 128 Å². The predicted octanol–water partition coefficient (Wildman–Crippen LogP) is 2.86. The summed E-state index contributed by atoms with van der Waals surface area (Å²) in [5.74, 6) is 1.10. The SMILES string of the molecule is CCCC(C)(C)NS(=O)(=O)c1c(C)oc(C)c1CNCC. The summed E-state index contributed by atoms with van der Waals surface area (Å²) >= 11 is 0. The van der Waals surface area contributed by atoms with E-state index in [1.165, 1.54) is 0 Å². The van der Waals surface area contributed by atoms with Gasteiger partial charge >= 0.3 is 0 Å². The molecule has 0 atom stereocenters. The van der Waals surface area contributed by atoms with Crippen molar-refractivity contribution in [3.63, 3.8) is 0 Å². The zero-order chi connectivity index (χ0) is 16.3. The minimum Gasteiger partial charge on any atom is -0.465 e. The van der Waals surface area contributed by atoms with Crippen LogP contribution in [0, 0.1) is 13.8 Å². The Bertz CT molecular complexity index is 574. The van der Waals surface area contributed by atoms with E-state index in [1.807, 2.05) is 27.7 Å². The average Bonchev–Trinajstić information content (AvgIpc) is 2.60. The van der Waals surface area contributed by atoms with Crippen molar-refractivity contribution in [3.8, 4) is 0 Å². The lowest BCUT2D eigenvalue weighted by atomic mass is 10.0. The van der Waals surface area contributed by atoms with E-state index in [-0.39, 0.29) is 4.90 Å². The van der Waals surface area contributed by atoms with Gasteiger partial charge in [0.25, 0.3) is 0 Å². The first-order valence-electron chi connectivity index (χ1n) is 7.48. The monoisotopic (exact) mass is 316 g/mol. The molecule has 21 heavy (non-hydrogen) atoms. The number of sulfonamides is 1. The lowest BCUT2D eigenvalue weighted by molar-refractivity contribution is 0.416. The number of rotatable bonds is 8. The summed E-state index contributed by atoms with van der Waals surface area (Å²) in [4.78, 5) is 0.283. The van der Waals surface area contributed by atoms with Gasteiger partial charge < -0.3 is 9.73 Å². The molecule has 0 radical (unpaired) electrons. The molecule has 0 aliphatic carbocycles. The molecule has 0 aliphatic rings. The minimum absolute atomic E-state index is 0.283. The van der Waals surface area contributed by atoms with Gasteiger partial charge in [-0.2, -0.15) is 0 Å². The first-order valence-corrected chi connectivity index (χ1v) is 8.96. The molecular weight excluding hydrogens is 288 g/mol. The number of aryl methyl sites for hydroxylation is 2. The second-order valence-corrected chi connectivity index (χ2v) is 7.66. The lowest BCUT2D eigenvalue weighted by Gasteiger charge is -2.25. The van der Waals surface area contributed by atoms with Crippen LogP contribution in [0.1, 0.15) is 57.6 Å². The smallest absolute Gasteiger partial charge is 0.244 e. The fourth-order valence-electron chi connectivity index (χ4n) is 2.61. The Hall–Kier alpha value is -0.850. The van der Waals surface area contributed by atoms with Gasteiger partial charge in [0, 0.05) is 17.6 Å². The highest BCUT2D eigenvalue weighted by Crippen LogP contribution is 2.28. The molecule has 5 nitrogen and oxygen atoms in total. The van der Waals surface area contributed by atoms with E-state index in [0.29, 0.717) is 23.6 Å². The molecule has 0 aliphatic heterocycles. The zero-order valence-corrected chi connectivity index (χ0v) is 14.8. The Morgan fingerprint density at radius 3 is 2.29 bits per heavy atom. The molecule has 0 fully saturated rings. The number of hydrogen-bond acceptors (Lipinski definition) is 4. The van der Waals surface area contributed by atoms with E-state index in [4.69, 9.17) is 4.42 Å². The summed E-state index contributed by atoms with van der Waals surface area (Å²) in [6, 6.07) is 0. The van der Waals surface area contributed by atoms with E-state index in [1.54, 1.807) is 13.8 Å². The first-order chi connectivity index (χ1) is 9.64. The highest BCUT2D eigenvalue weighted by Gasteiger charge is 2.31. The van der Waals surface area contributed by atoms with Crippen LogP contribution in [0.25, 0.3) is 0 Å². The molecule has 0 aromatic carbocycles. The van der Waals surface area contributed by atoms with Crippen molar-refractivity contribution >= 4 is 10.0 Å². The molecule has 6 heteroatoms. The van der Waals surface area contributed by atoms with Gasteiger partial charge in [-0.3, -0.25) is 0 Å². The topological polar surface area (TPSA) is 71.3 Å². The zero-order valence-electron chi connectivity index (χ0n) is 14.0. The number of furan rings is 1. The van der Waals surface area contributed by atoms with Gasteiger partial charge in [0.2, 0.25) is 10.0 Å². The van der Waals surface area contributed by atoms with Crippen molar-refractivity contribution in [2.75, 3.05) is 6.54 Å². The maximum absolute atomic E-state index is 12.7. The second kappa shape index (κ2) is 6.94. The summed E-state index contributed by atoms with van der Waals surface area (Å²) in [5.41, 5.74) is 0.245. The van der Waals surface area contributed by atoms with Crippen molar-refractivity contribution in [3.05, 3.63) is 17.1 Å². The van der Waals surface area contributed by atoms with E-state index >= 15 is 0 Å². The summed E-state index contributed by atoms with van der Waals surface area (Å²) in [5, 5.41) is 3.17. The largest absolute Gasteiger partial charge is 0.465 e. The molecule has 0 saturated carbocycles. The van der Waals surface area contributed by atoms with E-state index in [2.05, 4.69) is 10.0 Å². The molecule has 1 aromatic rings. The Balaban J connectivity index is 3.19. The summed E-state index contributed by atoms with van der Waals surface area (Å²) < 4.78 is 33.8. The third kappa shape index (κ3) is 4.56. The van der Waals surface area contributed by atoms with Gasteiger partial charge in [0.1, 0.15) is 16.4 Å². The van der Waals surface area contributed by atoms with Gasteiger partial charge in [-0.05, 0) is 40.7 Å². The summed E-state index contributed by atoms with van der Waals surface area (Å²) in [6.07, 6.45) is 1.70. The van der Waals surface area contributed by atoms with Gasteiger partial charge in [-0.25, -0.2) is 13.1 Å². The predicted molar refractivity (Wildman–Crippen MR) is 84.9 cm³/mol. The molecule has 0 bridgehead atoms. The van der Waals surface area contributed by atoms with Crippen LogP contribution in [0.2, 0.25) is 0 Å². The highest BCUT2D eigenvalue weighted by atomic mass is 32.2. The van der Waals surface area contributed by atoms with E-state index < -0.39 is 15.6 Å². The normalized spacial score (nSPS) is 12.9. The number of hydrogen-bond donors (Lipinski definition) is 2. The Kier molecular flexibility index (Phi) is 6.01. The minimum atomic E-state index is -3.59. The Morgan fingerprint density at radius 2 is 1.76 bits per heavy atom. The van der Waals surface area contributed by atoms with E-state index in [0.717, 1.165) is 19.4 Å². The molecule has 1 heterocycles. The molecular formula is C15H28N2O3S.